The monoisotopic (exact) mass is 200 g/mol. The first-order valence-corrected chi connectivity index (χ1v) is 3.89. The molecule has 0 fully saturated rings. The van der Waals surface area contributed by atoms with E-state index in [1.165, 1.54) is 0 Å². The van der Waals surface area contributed by atoms with E-state index in [0.717, 1.165) is 0 Å². The fourth-order valence-corrected chi connectivity index (χ4v) is 0.625. The molecule has 0 saturated heterocycles. The third-order valence-electron chi connectivity index (χ3n) is 1.10. The van der Waals surface area contributed by atoms with Gasteiger partial charge < -0.3 is 19.7 Å². The minimum Gasteiger partial charge on any atom is -0.394 e. The largest absolute Gasteiger partial charge is 0.394 e. The first kappa shape index (κ1) is 12.7. The molecule has 1 unspecified atom stereocenters. The highest BCUT2D eigenvalue weighted by Crippen LogP contribution is 1.94. The molecule has 13 heavy (non-hydrogen) atoms. The first-order chi connectivity index (χ1) is 6.16. The molecule has 0 aromatic rings. The molecule has 1 atom stereocenters. The Morgan fingerprint density at radius 3 is 2.23 bits per heavy atom. The Labute approximate surface area is 75.1 Å². The quantitative estimate of drug-likeness (QED) is 0.525. The number of aliphatic hydroxyl groups excluding tert-OH is 2. The molecule has 80 valence electrons. The van der Waals surface area contributed by atoms with Gasteiger partial charge in [0.2, 0.25) is 0 Å². The van der Waals surface area contributed by atoms with Gasteiger partial charge in [-0.1, -0.05) is 0 Å². The minimum absolute atomic E-state index is 0.0240. The number of alkyl halides is 2. The average Bonchev–Trinajstić information content (AvgIpc) is 2.04. The van der Waals surface area contributed by atoms with Gasteiger partial charge in [-0.3, -0.25) is 0 Å². The maximum atomic E-state index is 11.5. The van der Waals surface area contributed by atoms with Gasteiger partial charge in [-0.25, -0.2) is 8.78 Å². The molecular formula is C7H14F2O4. The van der Waals surface area contributed by atoms with E-state index in [1.807, 2.05) is 0 Å². The molecule has 0 amide bonds. The van der Waals surface area contributed by atoms with Gasteiger partial charge in [0.25, 0.3) is 6.43 Å². The number of ether oxygens (including phenoxy) is 2. The molecule has 0 rings (SSSR count). The summed E-state index contributed by atoms with van der Waals surface area (Å²) in [5.41, 5.74) is 0. The van der Waals surface area contributed by atoms with Gasteiger partial charge in [0.1, 0.15) is 12.7 Å². The lowest BCUT2D eigenvalue weighted by Crippen LogP contribution is -2.23. The smallest absolute Gasteiger partial charge is 0.261 e. The van der Waals surface area contributed by atoms with Crippen LogP contribution in [0.4, 0.5) is 8.78 Å². The molecule has 0 heterocycles. The van der Waals surface area contributed by atoms with Crippen LogP contribution < -0.4 is 0 Å². The van der Waals surface area contributed by atoms with E-state index in [9.17, 15) is 8.78 Å². The maximum absolute atomic E-state index is 11.5. The number of halogens is 2. The number of hydrogen-bond donors (Lipinski definition) is 2. The SMILES string of the molecule is OCCOCC(O)COCC(F)F. The second-order valence-corrected chi connectivity index (χ2v) is 2.38. The predicted octanol–water partition coefficient (Wildman–Crippen LogP) is -0.362. The van der Waals surface area contributed by atoms with Crippen molar-refractivity contribution in [2.75, 3.05) is 33.0 Å². The third kappa shape index (κ3) is 9.62. The van der Waals surface area contributed by atoms with Crippen LogP contribution in [0.15, 0.2) is 0 Å². The summed E-state index contributed by atoms with van der Waals surface area (Å²) in [6, 6.07) is 0. The Kier molecular flexibility index (Phi) is 8.11. The lowest BCUT2D eigenvalue weighted by molar-refractivity contribution is -0.0494. The van der Waals surface area contributed by atoms with Crippen LogP contribution in [0.1, 0.15) is 0 Å². The van der Waals surface area contributed by atoms with E-state index in [1.54, 1.807) is 0 Å². The van der Waals surface area contributed by atoms with Crippen molar-refractivity contribution in [3.05, 3.63) is 0 Å². The average molecular weight is 200 g/mol. The van der Waals surface area contributed by atoms with Crippen molar-refractivity contribution in [3.63, 3.8) is 0 Å². The minimum atomic E-state index is -2.52. The number of aliphatic hydroxyl groups is 2. The molecule has 0 bridgehead atoms. The van der Waals surface area contributed by atoms with Gasteiger partial charge in [0.05, 0.1) is 26.4 Å². The number of hydrogen-bond acceptors (Lipinski definition) is 4. The molecule has 0 saturated carbocycles. The van der Waals surface area contributed by atoms with E-state index in [2.05, 4.69) is 4.74 Å². The summed E-state index contributed by atoms with van der Waals surface area (Å²) in [6.07, 6.45) is -3.45. The zero-order valence-corrected chi connectivity index (χ0v) is 7.16. The molecule has 0 aliphatic carbocycles. The van der Waals surface area contributed by atoms with Crippen LogP contribution in [0.25, 0.3) is 0 Å². The van der Waals surface area contributed by atoms with Gasteiger partial charge in [0, 0.05) is 0 Å². The van der Waals surface area contributed by atoms with Crippen molar-refractivity contribution in [2.24, 2.45) is 0 Å². The number of rotatable bonds is 8. The van der Waals surface area contributed by atoms with Crippen molar-refractivity contribution >= 4 is 0 Å². The molecule has 0 aliphatic heterocycles. The van der Waals surface area contributed by atoms with Crippen molar-refractivity contribution < 1.29 is 28.5 Å². The summed E-state index contributed by atoms with van der Waals surface area (Å²) in [5.74, 6) is 0. The van der Waals surface area contributed by atoms with Gasteiger partial charge in [-0.2, -0.15) is 0 Å². The molecule has 0 aromatic heterocycles. The highest BCUT2D eigenvalue weighted by Gasteiger charge is 2.07. The zero-order valence-electron chi connectivity index (χ0n) is 7.16. The Balaban J connectivity index is 3.15. The maximum Gasteiger partial charge on any atom is 0.261 e. The summed E-state index contributed by atoms with van der Waals surface area (Å²) in [4.78, 5) is 0. The Bertz CT molecular complexity index is 113. The molecular weight excluding hydrogens is 186 g/mol. The van der Waals surface area contributed by atoms with Crippen molar-refractivity contribution in [3.8, 4) is 0 Å². The molecule has 0 radical (unpaired) electrons. The Hall–Kier alpha value is -0.300. The third-order valence-corrected chi connectivity index (χ3v) is 1.10. The zero-order chi connectivity index (χ0) is 10.1. The van der Waals surface area contributed by atoms with Crippen molar-refractivity contribution in [1.82, 2.24) is 0 Å². The summed E-state index contributed by atoms with van der Waals surface area (Å²) in [7, 11) is 0. The Morgan fingerprint density at radius 2 is 1.69 bits per heavy atom. The standard InChI is InChI=1S/C7H14F2O4/c8-7(9)5-13-4-6(11)3-12-2-1-10/h6-7,10-11H,1-5H2. The normalized spacial score (nSPS) is 13.6. The molecule has 2 N–H and O–H groups in total. The van der Waals surface area contributed by atoms with E-state index in [0.29, 0.717) is 0 Å². The van der Waals surface area contributed by atoms with Gasteiger partial charge >= 0.3 is 0 Å². The van der Waals surface area contributed by atoms with Crippen LogP contribution in [-0.2, 0) is 9.47 Å². The van der Waals surface area contributed by atoms with Crippen LogP contribution in [-0.4, -0.2) is 55.8 Å². The van der Waals surface area contributed by atoms with Crippen LogP contribution in [0.5, 0.6) is 0 Å². The van der Waals surface area contributed by atoms with E-state index >= 15 is 0 Å². The van der Waals surface area contributed by atoms with Crippen molar-refractivity contribution in [1.29, 1.82) is 0 Å². The summed E-state index contributed by atoms with van der Waals surface area (Å²) < 4.78 is 32.2. The topological polar surface area (TPSA) is 58.9 Å². The first-order valence-electron chi connectivity index (χ1n) is 3.89. The van der Waals surface area contributed by atoms with Gasteiger partial charge in [0.15, 0.2) is 0 Å². The Morgan fingerprint density at radius 1 is 1.08 bits per heavy atom. The molecule has 0 aliphatic rings. The summed E-state index contributed by atoms with van der Waals surface area (Å²) >= 11 is 0. The van der Waals surface area contributed by atoms with E-state index in [-0.39, 0.29) is 26.4 Å². The summed E-state index contributed by atoms with van der Waals surface area (Å²) in [6.45, 7) is -0.910. The lowest BCUT2D eigenvalue weighted by atomic mass is 10.4. The fraction of sp³-hybridized carbons (Fsp3) is 1.00. The van der Waals surface area contributed by atoms with E-state index < -0.39 is 19.1 Å². The van der Waals surface area contributed by atoms with Crippen LogP contribution in [0.3, 0.4) is 0 Å². The highest BCUT2D eigenvalue weighted by atomic mass is 19.3. The molecule has 0 spiro atoms. The van der Waals surface area contributed by atoms with Gasteiger partial charge in [-0.15, -0.1) is 0 Å². The van der Waals surface area contributed by atoms with Gasteiger partial charge in [-0.05, 0) is 0 Å². The molecule has 6 heteroatoms. The van der Waals surface area contributed by atoms with Crippen LogP contribution in [0.2, 0.25) is 0 Å². The van der Waals surface area contributed by atoms with Crippen molar-refractivity contribution in [2.45, 2.75) is 12.5 Å². The lowest BCUT2D eigenvalue weighted by Gasteiger charge is -2.10. The molecule has 4 nitrogen and oxygen atoms in total. The predicted molar refractivity (Wildman–Crippen MR) is 40.7 cm³/mol. The summed E-state index contributed by atoms with van der Waals surface area (Å²) in [5, 5.41) is 17.3. The van der Waals surface area contributed by atoms with E-state index in [4.69, 9.17) is 14.9 Å². The van der Waals surface area contributed by atoms with Crippen LogP contribution >= 0.6 is 0 Å². The second kappa shape index (κ2) is 8.31. The fourth-order valence-electron chi connectivity index (χ4n) is 0.625. The molecule has 0 aromatic carbocycles. The van der Waals surface area contributed by atoms with Crippen LogP contribution in [0, 0.1) is 0 Å². The second-order valence-electron chi connectivity index (χ2n) is 2.38. The highest BCUT2D eigenvalue weighted by molar-refractivity contribution is 4.51.